The van der Waals surface area contributed by atoms with Crippen LogP contribution in [-0.4, -0.2) is 77.2 Å². The average Bonchev–Trinajstić information content (AvgIpc) is 2.61. The van der Waals surface area contributed by atoms with Gasteiger partial charge in [0.25, 0.3) is 20.2 Å². The van der Waals surface area contributed by atoms with Crippen molar-refractivity contribution in [2.75, 3.05) is 38.9 Å². The summed E-state index contributed by atoms with van der Waals surface area (Å²) in [5.74, 6) is -1.41. The predicted molar refractivity (Wildman–Crippen MR) is 80.6 cm³/mol. The molecule has 138 valence electrons. The molecule has 2 N–H and O–H groups in total. The molecule has 1 saturated heterocycles. The fourth-order valence-corrected chi connectivity index (χ4v) is 3.60. The van der Waals surface area contributed by atoms with E-state index >= 15 is 0 Å². The van der Waals surface area contributed by atoms with Gasteiger partial charge in [0, 0.05) is 11.8 Å². The molecule has 1 aliphatic rings. The molecular formula is C12H24O9S2. The summed E-state index contributed by atoms with van der Waals surface area (Å²) in [5, 5.41) is 19.3. The first-order valence-electron chi connectivity index (χ1n) is 6.87. The van der Waals surface area contributed by atoms with Crippen molar-refractivity contribution in [1.82, 2.24) is 0 Å². The molecule has 0 aromatic rings. The molecule has 0 radical (unpaired) electrons. The van der Waals surface area contributed by atoms with Crippen molar-refractivity contribution in [3.8, 4) is 0 Å². The second-order valence-electron chi connectivity index (χ2n) is 6.23. The highest BCUT2D eigenvalue weighted by molar-refractivity contribution is 7.86. The lowest BCUT2D eigenvalue weighted by Crippen LogP contribution is -2.42. The van der Waals surface area contributed by atoms with E-state index in [1.165, 1.54) is 13.8 Å². The third-order valence-electron chi connectivity index (χ3n) is 4.07. The van der Waals surface area contributed by atoms with Crippen LogP contribution >= 0.6 is 0 Å². The highest BCUT2D eigenvalue weighted by atomic mass is 32.2. The second-order valence-corrected chi connectivity index (χ2v) is 9.52. The van der Waals surface area contributed by atoms with Gasteiger partial charge in [-0.15, -0.1) is 0 Å². The fourth-order valence-electron chi connectivity index (χ4n) is 2.81. The lowest BCUT2D eigenvalue weighted by molar-refractivity contribution is -0.141. The van der Waals surface area contributed by atoms with Gasteiger partial charge in [-0.1, -0.05) is 0 Å². The minimum Gasteiger partial charge on any atom is -0.393 e. The molecule has 0 bridgehead atoms. The Morgan fingerprint density at radius 1 is 0.870 bits per heavy atom. The van der Waals surface area contributed by atoms with E-state index in [0.29, 0.717) is 0 Å². The number of aliphatic hydroxyl groups excluding tert-OH is 2. The summed E-state index contributed by atoms with van der Waals surface area (Å²) in [6, 6.07) is 0. The van der Waals surface area contributed by atoms with Gasteiger partial charge in [-0.25, -0.2) is 0 Å². The standard InChI is InChI=1S/C12H24O9S2/c1-11(7-13)9(5-19-22(3,15)16)10(6-20-23(4,17)18)12(2,8-14)21-11/h9-10,13-14H,5-8H2,1-4H3/t9-,10+,11+,12-. The maximum Gasteiger partial charge on any atom is 0.264 e. The van der Waals surface area contributed by atoms with Crippen molar-refractivity contribution in [1.29, 1.82) is 0 Å². The quantitative estimate of drug-likeness (QED) is 0.495. The zero-order chi connectivity index (χ0) is 18.1. The summed E-state index contributed by atoms with van der Waals surface area (Å²) in [5.41, 5.74) is -2.43. The lowest BCUT2D eigenvalue weighted by atomic mass is 9.77. The van der Waals surface area contributed by atoms with Crippen LogP contribution in [0.4, 0.5) is 0 Å². The van der Waals surface area contributed by atoms with E-state index in [1.54, 1.807) is 0 Å². The van der Waals surface area contributed by atoms with Crippen molar-refractivity contribution in [3.63, 3.8) is 0 Å². The summed E-state index contributed by atoms with van der Waals surface area (Å²) in [7, 11) is -7.48. The van der Waals surface area contributed by atoms with Crippen LogP contribution < -0.4 is 0 Å². The van der Waals surface area contributed by atoms with Crippen molar-refractivity contribution in [3.05, 3.63) is 0 Å². The van der Waals surface area contributed by atoms with Crippen molar-refractivity contribution >= 4 is 20.2 Å². The van der Waals surface area contributed by atoms with Crippen LogP contribution in [0.1, 0.15) is 13.8 Å². The Morgan fingerprint density at radius 3 is 1.39 bits per heavy atom. The van der Waals surface area contributed by atoms with Gasteiger partial charge in [-0.2, -0.15) is 16.8 Å². The first-order valence-corrected chi connectivity index (χ1v) is 10.5. The van der Waals surface area contributed by atoms with Gasteiger partial charge < -0.3 is 14.9 Å². The molecule has 0 unspecified atom stereocenters. The molecular weight excluding hydrogens is 352 g/mol. The monoisotopic (exact) mass is 376 g/mol. The van der Waals surface area contributed by atoms with E-state index in [0.717, 1.165) is 12.5 Å². The van der Waals surface area contributed by atoms with E-state index in [1.807, 2.05) is 0 Å². The molecule has 9 nitrogen and oxygen atoms in total. The van der Waals surface area contributed by atoms with Crippen LogP contribution in [0, 0.1) is 11.8 Å². The lowest BCUT2D eigenvalue weighted by Gasteiger charge is -2.29. The Bertz CT molecular complexity index is 560. The Morgan fingerprint density at radius 2 is 1.17 bits per heavy atom. The second kappa shape index (κ2) is 6.90. The Kier molecular flexibility index (Phi) is 6.23. The molecule has 1 fully saturated rings. The van der Waals surface area contributed by atoms with Crippen molar-refractivity contribution in [2.45, 2.75) is 25.0 Å². The summed E-state index contributed by atoms with van der Waals surface area (Å²) in [4.78, 5) is 0. The maximum absolute atomic E-state index is 11.2. The van der Waals surface area contributed by atoms with Gasteiger partial charge in [-0.05, 0) is 13.8 Å². The van der Waals surface area contributed by atoms with Crippen LogP contribution in [-0.2, 0) is 33.3 Å². The van der Waals surface area contributed by atoms with Gasteiger partial charge in [0.2, 0.25) is 0 Å². The zero-order valence-electron chi connectivity index (χ0n) is 13.6. The normalized spacial score (nSPS) is 35.6. The molecule has 1 heterocycles. The molecule has 4 atom stereocenters. The Hall–Kier alpha value is -0.300. The highest BCUT2D eigenvalue weighted by Gasteiger charge is 2.58. The molecule has 0 aromatic carbocycles. The van der Waals surface area contributed by atoms with Crippen LogP contribution in [0.15, 0.2) is 0 Å². The molecule has 1 aliphatic heterocycles. The van der Waals surface area contributed by atoms with Gasteiger partial charge in [0.15, 0.2) is 0 Å². The minimum absolute atomic E-state index is 0.330. The van der Waals surface area contributed by atoms with E-state index in [4.69, 9.17) is 13.1 Å². The SMILES string of the molecule is C[C@]1(CO)O[C@@](C)(CO)[C@H](COS(C)(=O)=O)[C@@H]1COS(C)(=O)=O. The number of aliphatic hydroxyl groups is 2. The summed E-state index contributed by atoms with van der Waals surface area (Å²) >= 11 is 0. The van der Waals surface area contributed by atoms with E-state index in [9.17, 15) is 27.0 Å². The zero-order valence-corrected chi connectivity index (χ0v) is 15.2. The third-order valence-corrected chi connectivity index (χ3v) is 5.20. The Labute approximate surface area is 136 Å². The van der Waals surface area contributed by atoms with Crippen LogP contribution in [0.5, 0.6) is 0 Å². The fraction of sp³-hybridized carbons (Fsp3) is 1.00. The molecule has 23 heavy (non-hydrogen) atoms. The molecule has 0 spiro atoms. The predicted octanol–water partition coefficient (Wildman–Crippen LogP) is -1.30. The first-order chi connectivity index (χ1) is 10.3. The van der Waals surface area contributed by atoms with Gasteiger partial charge in [-0.3, -0.25) is 8.37 Å². The summed E-state index contributed by atoms with van der Waals surface area (Å²) in [6.07, 6.45) is 1.76. The van der Waals surface area contributed by atoms with Crippen LogP contribution in [0.2, 0.25) is 0 Å². The molecule has 0 aliphatic carbocycles. The number of ether oxygens (including phenoxy) is 1. The molecule has 0 amide bonds. The first kappa shape index (κ1) is 20.7. The smallest absolute Gasteiger partial charge is 0.264 e. The van der Waals surface area contributed by atoms with Gasteiger partial charge in [0.05, 0.1) is 50.1 Å². The van der Waals surface area contributed by atoms with E-state index in [2.05, 4.69) is 0 Å². The van der Waals surface area contributed by atoms with Gasteiger partial charge in [0.1, 0.15) is 0 Å². The topological polar surface area (TPSA) is 136 Å². The molecule has 0 aromatic heterocycles. The molecule has 11 heteroatoms. The summed E-state index contributed by atoms with van der Waals surface area (Å²) in [6.45, 7) is 1.49. The number of hydrogen-bond donors (Lipinski definition) is 2. The maximum atomic E-state index is 11.2. The van der Waals surface area contributed by atoms with Gasteiger partial charge >= 0.3 is 0 Å². The summed E-state index contributed by atoms with van der Waals surface area (Å²) < 4.78 is 60.3. The Balaban J connectivity index is 3.13. The largest absolute Gasteiger partial charge is 0.393 e. The van der Waals surface area contributed by atoms with E-state index < -0.39 is 56.5 Å². The number of rotatable bonds is 8. The third kappa shape index (κ3) is 5.34. The van der Waals surface area contributed by atoms with Crippen molar-refractivity contribution in [2.24, 2.45) is 11.8 Å². The van der Waals surface area contributed by atoms with E-state index in [-0.39, 0.29) is 13.2 Å². The minimum atomic E-state index is -3.74. The van der Waals surface area contributed by atoms with Crippen LogP contribution in [0.3, 0.4) is 0 Å². The van der Waals surface area contributed by atoms with Crippen molar-refractivity contribution < 1.29 is 40.2 Å². The molecule has 0 saturated carbocycles. The molecule has 1 rings (SSSR count). The van der Waals surface area contributed by atoms with Crippen LogP contribution in [0.25, 0.3) is 0 Å². The number of hydrogen-bond acceptors (Lipinski definition) is 9. The highest BCUT2D eigenvalue weighted by Crippen LogP contribution is 2.47. The average molecular weight is 376 g/mol.